The van der Waals surface area contributed by atoms with E-state index in [1.54, 1.807) is 21.3 Å². The summed E-state index contributed by atoms with van der Waals surface area (Å²) < 4.78 is 10.5. The molecule has 0 bridgehead atoms. The molecule has 0 atom stereocenters. The molecule has 7 heteroatoms. The Balaban J connectivity index is 0.00000288. The minimum absolute atomic E-state index is 0. The van der Waals surface area contributed by atoms with Gasteiger partial charge in [-0.3, -0.25) is 4.99 Å². The number of benzene rings is 2. The molecule has 0 amide bonds. The van der Waals surface area contributed by atoms with E-state index in [9.17, 15) is 0 Å². The molecule has 0 heterocycles. The van der Waals surface area contributed by atoms with Gasteiger partial charge in [0.15, 0.2) is 17.5 Å². The Bertz CT molecular complexity index is 695. The van der Waals surface area contributed by atoms with Crippen LogP contribution in [0, 0.1) is 0 Å². The Labute approximate surface area is 164 Å². The van der Waals surface area contributed by atoms with Crippen LogP contribution in [0.5, 0.6) is 11.5 Å². The molecule has 130 valence electrons. The van der Waals surface area contributed by atoms with Crippen LogP contribution >= 0.6 is 35.6 Å². The molecule has 2 aromatic carbocycles. The van der Waals surface area contributed by atoms with Gasteiger partial charge >= 0.3 is 0 Å². The fourth-order valence-corrected chi connectivity index (χ4v) is 2.28. The second-order valence-electron chi connectivity index (χ2n) is 4.75. The van der Waals surface area contributed by atoms with Gasteiger partial charge in [-0.15, -0.1) is 24.0 Å². The van der Waals surface area contributed by atoms with Crippen molar-refractivity contribution in [1.29, 1.82) is 0 Å². The average Bonchev–Trinajstić information content (AvgIpc) is 2.58. The number of nitrogens with zero attached hydrogens (tertiary/aromatic N) is 1. The van der Waals surface area contributed by atoms with Crippen LogP contribution in [0.15, 0.2) is 47.5 Å². The number of aliphatic imine (C=N–C) groups is 1. The monoisotopic (exact) mass is 461 g/mol. The summed E-state index contributed by atoms with van der Waals surface area (Å²) in [5.74, 6) is 1.99. The molecule has 0 aromatic heterocycles. The van der Waals surface area contributed by atoms with Gasteiger partial charge in [0.1, 0.15) is 0 Å². The quantitative estimate of drug-likeness (QED) is 0.399. The van der Waals surface area contributed by atoms with Crippen LogP contribution in [0.3, 0.4) is 0 Å². The molecule has 0 radical (unpaired) electrons. The second kappa shape index (κ2) is 10.2. The number of ether oxygens (including phenoxy) is 2. The van der Waals surface area contributed by atoms with Gasteiger partial charge in [-0.2, -0.15) is 0 Å². The molecule has 0 aliphatic rings. The maximum Gasteiger partial charge on any atom is 0.195 e. The molecule has 5 nitrogen and oxygen atoms in total. The SMILES string of the molecule is CN=C(NCc1cccc(Cl)c1)Nc1ccc(OC)c(OC)c1.I. The fourth-order valence-electron chi connectivity index (χ4n) is 2.06. The van der Waals surface area contributed by atoms with Gasteiger partial charge in [0.05, 0.1) is 14.2 Å². The van der Waals surface area contributed by atoms with E-state index in [4.69, 9.17) is 21.1 Å². The first-order chi connectivity index (χ1) is 11.2. The van der Waals surface area contributed by atoms with Crippen LogP contribution in [0.2, 0.25) is 5.02 Å². The normalized spacial score (nSPS) is 10.6. The molecule has 0 aliphatic heterocycles. The number of hydrogen-bond donors (Lipinski definition) is 2. The van der Waals surface area contributed by atoms with E-state index < -0.39 is 0 Å². The van der Waals surface area contributed by atoms with Crippen molar-refractivity contribution in [2.45, 2.75) is 6.54 Å². The summed E-state index contributed by atoms with van der Waals surface area (Å²) >= 11 is 5.99. The van der Waals surface area contributed by atoms with Crippen molar-refractivity contribution in [3.63, 3.8) is 0 Å². The first-order valence-electron chi connectivity index (χ1n) is 7.10. The van der Waals surface area contributed by atoms with Crippen LogP contribution in [-0.4, -0.2) is 27.2 Å². The maximum atomic E-state index is 5.99. The molecule has 2 N–H and O–H groups in total. The van der Waals surface area contributed by atoms with Crippen LogP contribution < -0.4 is 20.1 Å². The number of anilines is 1. The highest BCUT2D eigenvalue weighted by molar-refractivity contribution is 14.0. The van der Waals surface area contributed by atoms with Crippen molar-refractivity contribution in [3.8, 4) is 11.5 Å². The fraction of sp³-hybridized carbons (Fsp3) is 0.235. The molecule has 0 aliphatic carbocycles. The Morgan fingerprint density at radius 2 is 1.83 bits per heavy atom. The Hall–Kier alpha value is -1.67. The molecule has 0 unspecified atom stereocenters. The highest BCUT2D eigenvalue weighted by atomic mass is 127. The molecule has 0 spiro atoms. The highest BCUT2D eigenvalue weighted by Gasteiger charge is 2.06. The molecule has 24 heavy (non-hydrogen) atoms. The smallest absolute Gasteiger partial charge is 0.195 e. The van der Waals surface area contributed by atoms with Gasteiger partial charge in [-0.25, -0.2) is 0 Å². The zero-order valence-corrected chi connectivity index (χ0v) is 16.9. The Morgan fingerprint density at radius 1 is 1.08 bits per heavy atom. The molecule has 0 fully saturated rings. The standard InChI is InChI=1S/C17H20ClN3O2.HI/c1-19-17(20-11-12-5-4-6-13(18)9-12)21-14-7-8-15(22-2)16(10-14)23-3;/h4-10H,11H2,1-3H3,(H2,19,20,21);1H. The van der Waals surface area contributed by atoms with E-state index in [1.807, 2.05) is 42.5 Å². The Kier molecular flexibility index (Phi) is 8.70. The number of methoxy groups -OCH3 is 2. The third-order valence-corrected chi connectivity index (χ3v) is 3.45. The van der Waals surface area contributed by atoms with Crippen LogP contribution in [0.4, 0.5) is 5.69 Å². The minimum atomic E-state index is 0. The summed E-state index contributed by atoms with van der Waals surface area (Å²) in [5.41, 5.74) is 1.93. The third-order valence-electron chi connectivity index (χ3n) is 3.22. The van der Waals surface area contributed by atoms with E-state index in [-0.39, 0.29) is 24.0 Å². The lowest BCUT2D eigenvalue weighted by atomic mass is 10.2. The molecular formula is C17H21ClIN3O2. The van der Waals surface area contributed by atoms with Crippen LogP contribution in [0.1, 0.15) is 5.56 Å². The van der Waals surface area contributed by atoms with Crippen molar-refractivity contribution in [2.24, 2.45) is 4.99 Å². The molecule has 2 rings (SSSR count). The van der Waals surface area contributed by atoms with Gasteiger partial charge < -0.3 is 20.1 Å². The molecular weight excluding hydrogens is 441 g/mol. The average molecular weight is 462 g/mol. The van der Waals surface area contributed by atoms with E-state index in [0.717, 1.165) is 11.3 Å². The minimum Gasteiger partial charge on any atom is -0.493 e. The van der Waals surface area contributed by atoms with E-state index in [0.29, 0.717) is 29.0 Å². The van der Waals surface area contributed by atoms with Crippen molar-refractivity contribution >= 4 is 47.2 Å². The zero-order valence-electron chi connectivity index (χ0n) is 13.8. The summed E-state index contributed by atoms with van der Waals surface area (Å²) in [6.07, 6.45) is 0. The lowest BCUT2D eigenvalue weighted by Gasteiger charge is -2.14. The maximum absolute atomic E-state index is 5.99. The number of rotatable bonds is 5. The van der Waals surface area contributed by atoms with Crippen molar-refractivity contribution in [2.75, 3.05) is 26.6 Å². The molecule has 2 aromatic rings. The largest absolute Gasteiger partial charge is 0.493 e. The molecule has 0 saturated carbocycles. The van der Waals surface area contributed by atoms with Crippen LogP contribution in [0.25, 0.3) is 0 Å². The van der Waals surface area contributed by atoms with Gasteiger partial charge in [0, 0.05) is 30.4 Å². The summed E-state index contributed by atoms with van der Waals surface area (Å²) in [6, 6.07) is 13.3. The van der Waals surface area contributed by atoms with Crippen molar-refractivity contribution in [1.82, 2.24) is 5.32 Å². The number of hydrogen-bond acceptors (Lipinski definition) is 3. The summed E-state index contributed by atoms with van der Waals surface area (Å²) in [7, 11) is 4.93. The van der Waals surface area contributed by atoms with Crippen molar-refractivity contribution in [3.05, 3.63) is 53.1 Å². The predicted molar refractivity (Wildman–Crippen MR) is 110 cm³/mol. The van der Waals surface area contributed by atoms with E-state index in [1.165, 1.54) is 0 Å². The number of halogens is 2. The van der Waals surface area contributed by atoms with Gasteiger partial charge in [0.2, 0.25) is 0 Å². The lowest BCUT2D eigenvalue weighted by Crippen LogP contribution is -2.30. The summed E-state index contributed by atoms with van der Waals surface area (Å²) in [6.45, 7) is 0.619. The van der Waals surface area contributed by atoms with Crippen LogP contribution in [-0.2, 0) is 6.54 Å². The van der Waals surface area contributed by atoms with Crippen molar-refractivity contribution < 1.29 is 9.47 Å². The number of guanidine groups is 1. The third kappa shape index (κ3) is 5.76. The summed E-state index contributed by atoms with van der Waals surface area (Å²) in [5, 5.41) is 7.16. The predicted octanol–water partition coefficient (Wildman–Crippen LogP) is 4.16. The second-order valence-corrected chi connectivity index (χ2v) is 5.19. The number of nitrogens with one attached hydrogen (secondary N) is 2. The first kappa shape index (κ1) is 20.4. The highest BCUT2D eigenvalue weighted by Crippen LogP contribution is 2.29. The van der Waals surface area contributed by atoms with E-state index in [2.05, 4.69) is 15.6 Å². The topological polar surface area (TPSA) is 54.9 Å². The lowest BCUT2D eigenvalue weighted by molar-refractivity contribution is 0.355. The van der Waals surface area contributed by atoms with Gasteiger partial charge in [-0.1, -0.05) is 23.7 Å². The summed E-state index contributed by atoms with van der Waals surface area (Å²) in [4.78, 5) is 4.21. The first-order valence-corrected chi connectivity index (χ1v) is 7.48. The Morgan fingerprint density at radius 3 is 2.46 bits per heavy atom. The van der Waals surface area contributed by atoms with E-state index >= 15 is 0 Å². The molecule has 0 saturated heterocycles. The van der Waals surface area contributed by atoms with Gasteiger partial charge in [-0.05, 0) is 29.8 Å². The zero-order chi connectivity index (χ0) is 16.7. The van der Waals surface area contributed by atoms with Gasteiger partial charge in [0.25, 0.3) is 0 Å².